The van der Waals surface area contributed by atoms with Crippen LogP contribution in [0.1, 0.15) is 26.2 Å². The summed E-state index contributed by atoms with van der Waals surface area (Å²) in [5.41, 5.74) is 0. The maximum absolute atomic E-state index is 11.5. The first-order valence-electron chi connectivity index (χ1n) is 5.64. The van der Waals surface area contributed by atoms with Gasteiger partial charge in [0.25, 0.3) is 0 Å². The summed E-state index contributed by atoms with van der Waals surface area (Å²) in [5, 5.41) is 17.2. The molecule has 0 aromatic rings. The maximum Gasteiger partial charge on any atom is 0.326 e. The van der Waals surface area contributed by atoms with Crippen LogP contribution in [-0.4, -0.2) is 42.3 Å². The van der Waals surface area contributed by atoms with Crippen LogP contribution in [0, 0.1) is 0 Å². The monoisotopic (exact) mass is 229 g/mol. The van der Waals surface area contributed by atoms with Gasteiger partial charge in [-0.05, 0) is 32.4 Å². The van der Waals surface area contributed by atoms with Crippen molar-refractivity contribution >= 4 is 12.0 Å². The Morgan fingerprint density at radius 1 is 1.44 bits per heavy atom. The van der Waals surface area contributed by atoms with Crippen LogP contribution < -0.4 is 16.0 Å². The fourth-order valence-electron chi connectivity index (χ4n) is 1.69. The van der Waals surface area contributed by atoms with Crippen LogP contribution in [0.5, 0.6) is 0 Å². The molecule has 0 bridgehead atoms. The van der Waals surface area contributed by atoms with Crippen molar-refractivity contribution in [3.8, 4) is 0 Å². The third-order valence-electron chi connectivity index (χ3n) is 2.69. The van der Waals surface area contributed by atoms with Crippen molar-refractivity contribution in [1.82, 2.24) is 16.0 Å². The highest BCUT2D eigenvalue weighted by molar-refractivity contribution is 5.82. The van der Waals surface area contributed by atoms with E-state index in [9.17, 15) is 9.59 Å². The lowest BCUT2D eigenvalue weighted by atomic mass is 10.1. The lowest BCUT2D eigenvalue weighted by Crippen LogP contribution is -2.51. The molecule has 1 aliphatic rings. The van der Waals surface area contributed by atoms with E-state index < -0.39 is 12.0 Å². The van der Waals surface area contributed by atoms with Gasteiger partial charge in [0.15, 0.2) is 0 Å². The van der Waals surface area contributed by atoms with Crippen LogP contribution >= 0.6 is 0 Å². The number of hydrogen-bond acceptors (Lipinski definition) is 3. The topological polar surface area (TPSA) is 90.5 Å². The van der Waals surface area contributed by atoms with E-state index in [0.29, 0.717) is 6.42 Å². The smallest absolute Gasteiger partial charge is 0.326 e. The zero-order valence-electron chi connectivity index (χ0n) is 9.45. The third-order valence-corrected chi connectivity index (χ3v) is 2.69. The quantitative estimate of drug-likeness (QED) is 0.542. The molecule has 0 unspecified atom stereocenters. The molecule has 92 valence electrons. The number of rotatable bonds is 4. The molecule has 0 aromatic heterocycles. The second-order valence-corrected chi connectivity index (χ2v) is 3.94. The number of urea groups is 1. The van der Waals surface area contributed by atoms with Crippen LogP contribution in [-0.2, 0) is 4.79 Å². The van der Waals surface area contributed by atoms with Gasteiger partial charge in [-0.3, -0.25) is 0 Å². The van der Waals surface area contributed by atoms with Crippen LogP contribution in [0.4, 0.5) is 4.79 Å². The first kappa shape index (κ1) is 12.8. The molecule has 1 fully saturated rings. The molecule has 4 N–H and O–H groups in total. The molecule has 16 heavy (non-hydrogen) atoms. The molecule has 1 aliphatic heterocycles. The first-order chi connectivity index (χ1) is 7.63. The molecule has 1 rings (SSSR count). The molecule has 2 amide bonds. The first-order valence-corrected chi connectivity index (χ1v) is 5.64. The van der Waals surface area contributed by atoms with Crippen LogP contribution in [0.15, 0.2) is 0 Å². The SMILES string of the molecule is CC[C@H](NC(=O)NC1CCNCC1)C(=O)O. The predicted octanol–water partition coefficient (Wildman–Crippen LogP) is -0.0992. The van der Waals surface area contributed by atoms with E-state index >= 15 is 0 Å². The van der Waals surface area contributed by atoms with Gasteiger partial charge in [-0.25, -0.2) is 9.59 Å². The minimum atomic E-state index is -0.997. The van der Waals surface area contributed by atoms with Crippen molar-refractivity contribution in [3.63, 3.8) is 0 Å². The lowest BCUT2D eigenvalue weighted by Gasteiger charge is -2.24. The molecule has 1 heterocycles. The molecular formula is C10H19N3O3. The van der Waals surface area contributed by atoms with Crippen molar-refractivity contribution in [2.75, 3.05) is 13.1 Å². The highest BCUT2D eigenvalue weighted by Crippen LogP contribution is 2.01. The third kappa shape index (κ3) is 4.06. The Morgan fingerprint density at radius 3 is 2.56 bits per heavy atom. The summed E-state index contributed by atoms with van der Waals surface area (Å²) in [7, 11) is 0. The molecule has 0 aliphatic carbocycles. The molecular weight excluding hydrogens is 210 g/mol. The summed E-state index contributed by atoms with van der Waals surface area (Å²) in [6.07, 6.45) is 2.16. The molecule has 0 aromatic carbocycles. The summed E-state index contributed by atoms with van der Waals surface area (Å²) in [5.74, 6) is -0.997. The van der Waals surface area contributed by atoms with Gasteiger partial charge >= 0.3 is 12.0 Å². The fourth-order valence-corrected chi connectivity index (χ4v) is 1.69. The Kier molecular flexibility index (Phi) is 5.04. The Balaban J connectivity index is 2.31. The fraction of sp³-hybridized carbons (Fsp3) is 0.800. The van der Waals surface area contributed by atoms with E-state index in [1.54, 1.807) is 6.92 Å². The van der Waals surface area contributed by atoms with Crippen molar-refractivity contribution in [3.05, 3.63) is 0 Å². The molecule has 0 radical (unpaired) electrons. The Bertz CT molecular complexity index is 252. The van der Waals surface area contributed by atoms with E-state index in [1.165, 1.54) is 0 Å². The summed E-state index contributed by atoms with van der Waals surface area (Å²) >= 11 is 0. The van der Waals surface area contributed by atoms with Crippen LogP contribution in [0.25, 0.3) is 0 Å². The number of carboxylic acid groups (broad SMARTS) is 1. The number of carbonyl (C=O) groups excluding carboxylic acids is 1. The largest absolute Gasteiger partial charge is 0.480 e. The van der Waals surface area contributed by atoms with Gasteiger partial charge < -0.3 is 21.1 Å². The second kappa shape index (κ2) is 6.32. The summed E-state index contributed by atoms with van der Waals surface area (Å²) < 4.78 is 0. The van der Waals surface area contributed by atoms with Gasteiger partial charge in [-0.15, -0.1) is 0 Å². The second-order valence-electron chi connectivity index (χ2n) is 3.94. The number of piperidine rings is 1. The van der Waals surface area contributed by atoms with Gasteiger partial charge in [0.05, 0.1) is 0 Å². The summed E-state index contributed by atoms with van der Waals surface area (Å²) in [6, 6.07) is -1.05. The number of amides is 2. The summed E-state index contributed by atoms with van der Waals surface area (Å²) in [6.45, 7) is 3.51. The molecule has 6 heteroatoms. The standard InChI is InChI=1S/C10H19N3O3/c1-2-8(9(14)15)13-10(16)12-7-3-5-11-6-4-7/h7-8,11H,2-6H2,1H3,(H,14,15)(H2,12,13,16)/t8-/m0/s1. The number of hydrogen-bond donors (Lipinski definition) is 4. The Morgan fingerprint density at radius 2 is 2.06 bits per heavy atom. The van der Waals surface area contributed by atoms with Crippen molar-refractivity contribution < 1.29 is 14.7 Å². The summed E-state index contributed by atoms with van der Waals surface area (Å²) in [4.78, 5) is 22.2. The zero-order chi connectivity index (χ0) is 12.0. The van der Waals surface area contributed by atoms with Gasteiger partial charge in [0, 0.05) is 6.04 Å². The lowest BCUT2D eigenvalue weighted by molar-refractivity contribution is -0.139. The molecule has 0 saturated carbocycles. The van der Waals surface area contributed by atoms with Crippen LogP contribution in [0.2, 0.25) is 0 Å². The normalized spacial score (nSPS) is 18.8. The van der Waals surface area contributed by atoms with Crippen molar-refractivity contribution in [2.45, 2.75) is 38.3 Å². The minimum Gasteiger partial charge on any atom is -0.480 e. The Hall–Kier alpha value is -1.30. The molecule has 0 spiro atoms. The van der Waals surface area contributed by atoms with Crippen molar-refractivity contribution in [1.29, 1.82) is 0 Å². The van der Waals surface area contributed by atoms with E-state index in [4.69, 9.17) is 5.11 Å². The van der Waals surface area contributed by atoms with Gasteiger partial charge in [-0.1, -0.05) is 6.92 Å². The molecule has 1 atom stereocenters. The van der Waals surface area contributed by atoms with Gasteiger partial charge in [0.1, 0.15) is 6.04 Å². The molecule has 1 saturated heterocycles. The number of nitrogens with one attached hydrogen (secondary N) is 3. The van der Waals surface area contributed by atoms with Gasteiger partial charge in [-0.2, -0.15) is 0 Å². The van der Waals surface area contributed by atoms with Crippen LogP contribution in [0.3, 0.4) is 0 Å². The Labute approximate surface area is 94.8 Å². The van der Waals surface area contributed by atoms with Gasteiger partial charge in [0.2, 0.25) is 0 Å². The van der Waals surface area contributed by atoms with E-state index in [0.717, 1.165) is 25.9 Å². The molecule has 6 nitrogen and oxygen atoms in total. The highest BCUT2D eigenvalue weighted by Gasteiger charge is 2.20. The van der Waals surface area contributed by atoms with E-state index in [-0.39, 0.29) is 12.1 Å². The maximum atomic E-state index is 11.5. The van der Waals surface area contributed by atoms with Crippen molar-refractivity contribution in [2.24, 2.45) is 0 Å². The predicted molar refractivity (Wildman–Crippen MR) is 59.3 cm³/mol. The average molecular weight is 229 g/mol. The number of carbonyl (C=O) groups is 2. The van der Waals surface area contributed by atoms with E-state index in [1.807, 2.05) is 0 Å². The number of aliphatic carboxylic acids is 1. The zero-order valence-corrected chi connectivity index (χ0v) is 9.45. The highest BCUT2D eigenvalue weighted by atomic mass is 16.4. The van der Waals surface area contributed by atoms with E-state index in [2.05, 4.69) is 16.0 Å². The number of carboxylic acids is 1. The average Bonchev–Trinajstić information content (AvgIpc) is 2.27. The minimum absolute atomic E-state index is 0.146.